The molecule has 1 amide bonds. The summed E-state index contributed by atoms with van der Waals surface area (Å²) in [5.41, 5.74) is 2.02. The molecular formula is C27H25F2N5O. The molecule has 0 spiro atoms. The summed E-state index contributed by atoms with van der Waals surface area (Å²) >= 11 is 0. The molecule has 4 aliphatic rings. The molecule has 0 saturated heterocycles. The van der Waals surface area contributed by atoms with Gasteiger partial charge in [0.1, 0.15) is 11.6 Å². The third-order valence-corrected chi connectivity index (χ3v) is 8.24. The van der Waals surface area contributed by atoms with E-state index in [0.29, 0.717) is 35.3 Å². The average Bonchev–Trinajstić information content (AvgIpc) is 3.48. The quantitative estimate of drug-likeness (QED) is 0.528. The van der Waals surface area contributed by atoms with Crippen LogP contribution >= 0.6 is 0 Å². The van der Waals surface area contributed by atoms with E-state index in [0.717, 1.165) is 36.7 Å². The van der Waals surface area contributed by atoms with Crippen molar-refractivity contribution in [2.75, 3.05) is 0 Å². The van der Waals surface area contributed by atoms with E-state index in [4.69, 9.17) is 5.26 Å². The van der Waals surface area contributed by atoms with Crippen LogP contribution in [-0.4, -0.2) is 26.9 Å². The number of halogens is 2. The highest BCUT2D eigenvalue weighted by molar-refractivity contribution is 5.83. The van der Waals surface area contributed by atoms with Crippen molar-refractivity contribution >= 4 is 23.0 Å². The van der Waals surface area contributed by atoms with E-state index in [9.17, 15) is 13.6 Å². The number of carbonyl (C=O) groups excluding carboxylic acids is 1. The van der Waals surface area contributed by atoms with Crippen LogP contribution in [0.15, 0.2) is 41.6 Å². The molecule has 6 nitrogen and oxygen atoms in total. The zero-order valence-corrected chi connectivity index (χ0v) is 19.4. The second kappa shape index (κ2) is 8.26. The standard InChI is InChI=1S/C27H25F2N5O/c1-15-23(28)10-19(11-24(15)29)26-4-5-31-34(26)27(35)22-9-21(17-7-18(22)8-17)14-33-25-3-2-16(12-30)6-20(25)13-32-33/h2-3,5-6,10-11,13,17-18,21-22,26H,4,7-9,14H2,1H3/t17?,18?,21-,22-,26?/m0/s1. The summed E-state index contributed by atoms with van der Waals surface area (Å²) in [5, 5.41) is 20.4. The highest BCUT2D eigenvalue weighted by atomic mass is 19.1. The van der Waals surface area contributed by atoms with E-state index >= 15 is 0 Å². The van der Waals surface area contributed by atoms with Crippen LogP contribution in [0.2, 0.25) is 0 Å². The number of nitriles is 1. The van der Waals surface area contributed by atoms with E-state index in [-0.39, 0.29) is 17.4 Å². The highest BCUT2D eigenvalue weighted by Gasteiger charge is 2.50. The van der Waals surface area contributed by atoms with Crippen molar-refractivity contribution in [3.8, 4) is 6.07 Å². The zero-order valence-electron chi connectivity index (χ0n) is 19.4. The number of fused-ring (bicyclic) bond motifs is 3. The summed E-state index contributed by atoms with van der Waals surface area (Å²) in [6.45, 7) is 2.13. The fourth-order valence-corrected chi connectivity index (χ4v) is 6.11. The fourth-order valence-electron chi connectivity index (χ4n) is 6.11. The van der Waals surface area contributed by atoms with Crippen molar-refractivity contribution in [2.24, 2.45) is 28.8 Å². The number of amides is 1. The number of benzene rings is 2. The van der Waals surface area contributed by atoms with Crippen LogP contribution < -0.4 is 0 Å². The predicted molar refractivity (Wildman–Crippen MR) is 126 cm³/mol. The van der Waals surface area contributed by atoms with Crippen molar-refractivity contribution < 1.29 is 13.6 Å². The van der Waals surface area contributed by atoms with Crippen molar-refractivity contribution in [3.05, 3.63) is 64.9 Å². The van der Waals surface area contributed by atoms with Crippen molar-refractivity contribution in [1.82, 2.24) is 14.8 Å². The van der Waals surface area contributed by atoms with Crippen LogP contribution in [0.5, 0.6) is 0 Å². The minimum Gasteiger partial charge on any atom is -0.273 e. The number of carbonyl (C=O) groups is 1. The Morgan fingerprint density at radius 3 is 2.66 bits per heavy atom. The molecule has 0 radical (unpaired) electrons. The Morgan fingerprint density at radius 1 is 1.14 bits per heavy atom. The van der Waals surface area contributed by atoms with Crippen LogP contribution in [-0.2, 0) is 11.3 Å². The second-order valence-electron chi connectivity index (χ2n) is 10.1. The average molecular weight is 474 g/mol. The molecule has 35 heavy (non-hydrogen) atoms. The largest absolute Gasteiger partial charge is 0.273 e. The van der Waals surface area contributed by atoms with Crippen LogP contribution in [0.3, 0.4) is 0 Å². The maximum atomic E-state index is 14.2. The van der Waals surface area contributed by atoms with Gasteiger partial charge >= 0.3 is 0 Å². The minimum atomic E-state index is -0.604. The molecule has 2 heterocycles. The molecule has 3 aromatic rings. The van der Waals surface area contributed by atoms with Crippen molar-refractivity contribution in [3.63, 3.8) is 0 Å². The number of hydrazone groups is 1. The number of hydrogen-bond acceptors (Lipinski definition) is 4. The van der Waals surface area contributed by atoms with Gasteiger partial charge < -0.3 is 0 Å². The first-order chi connectivity index (χ1) is 16.9. The molecule has 1 unspecified atom stereocenters. The Balaban J connectivity index is 1.21. The van der Waals surface area contributed by atoms with Gasteiger partial charge in [0.15, 0.2) is 0 Å². The Labute approximate surface area is 201 Å². The van der Waals surface area contributed by atoms with Gasteiger partial charge in [0, 0.05) is 36.0 Å². The monoisotopic (exact) mass is 473 g/mol. The smallest absolute Gasteiger partial charge is 0.246 e. The summed E-state index contributed by atoms with van der Waals surface area (Å²) in [6.07, 6.45) is 6.66. The van der Waals surface area contributed by atoms with Crippen LogP contribution in [0.25, 0.3) is 10.9 Å². The molecule has 7 rings (SSSR count). The van der Waals surface area contributed by atoms with Gasteiger partial charge in [-0.05, 0) is 79.8 Å². The summed E-state index contributed by atoms with van der Waals surface area (Å²) in [7, 11) is 0. The van der Waals surface area contributed by atoms with Crippen molar-refractivity contribution in [2.45, 2.75) is 45.2 Å². The van der Waals surface area contributed by atoms with E-state index in [1.165, 1.54) is 24.1 Å². The normalized spacial score (nSPS) is 27.1. The predicted octanol–water partition coefficient (Wildman–Crippen LogP) is 5.12. The minimum absolute atomic E-state index is 0.0174. The van der Waals surface area contributed by atoms with Gasteiger partial charge in [-0.15, -0.1) is 0 Å². The Morgan fingerprint density at radius 2 is 1.91 bits per heavy atom. The van der Waals surface area contributed by atoms with Gasteiger partial charge in [-0.1, -0.05) is 0 Å². The van der Waals surface area contributed by atoms with Crippen LogP contribution in [0, 0.1) is 53.6 Å². The molecule has 3 atom stereocenters. The summed E-state index contributed by atoms with van der Waals surface area (Å²) in [5.74, 6) is -0.206. The third-order valence-electron chi connectivity index (χ3n) is 8.24. The third kappa shape index (κ3) is 3.61. The molecule has 2 bridgehead atoms. The summed E-state index contributed by atoms with van der Waals surface area (Å²) < 4.78 is 30.4. The van der Waals surface area contributed by atoms with Gasteiger partial charge in [0.2, 0.25) is 5.91 Å². The molecule has 3 saturated carbocycles. The molecule has 3 aliphatic carbocycles. The highest BCUT2D eigenvalue weighted by Crippen LogP contribution is 2.53. The maximum absolute atomic E-state index is 14.2. The first kappa shape index (κ1) is 21.9. The fraction of sp³-hybridized carbons (Fsp3) is 0.407. The molecular weight excluding hydrogens is 448 g/mol. The number of rotatable bonds is 4. The zero-order chi connectivity index (χ0) is 24.3. The van der Waals surface area contributed by atoms with Gasteiger partial charge in [0.05, 0.1) is 29.4 Å². The Kier molecular flexibility index (Phi) is 5.17. The summed E-state index contributed by atoms with van der Waals surface area (Å²) in [4.78, 5) is 13.7. The number of nitrogens with zero attached hydrogens (tertiary/aromatic N) is 5. The first-order valence-corrected chi connectivity index (χ1v) is 12.1. The SMILES string of the molecule is Cc1c(F)cc(C2CC=NN2C(=O)[C@H]2C[C@@H](Cn3ncc4cc(C#N)ccc43)C3CC2C3)cc1F. The van der Waals surface area contributed by atoms with Gasteiger partial charge in [0.25, 0.3) is 0 Å². The maximum Gasteiger partial charge on any atom is 0.246 e. The van der Waals surface area contributed by atoms with E-state index < -0.39 is 17.7 Å². The molecule has 2 aromatic carbocycles. The molecule has 1 aromatic heterocycles. The van der Waals surface area contributed by atoms with Gasteiger partial charge in [-0.25, -0.2) is 13.8 Å². The number of hydrogen-bond donors (Lipinski definition) is 0. The van der Waals surface area contributed by atoms with Crippen molar-refractivity contribution in [1.29, 1.82) is 5.26 Å². The second-order valence-corrected chi connectivity index (χ2v) is 10.1. The lowest BCUT2D eigenvalue weighted by Gasteiger charge is -2.51. The van der Waals surface area contributed by atoms with Gasteiger partial charge in [-0.3, -0.25) is 9.48 Å². The lowest BCUT2D eigenvalue weighted by molar-refractivity contribution is -0.147. The van der Waals surface area contributed by atoms with Crippen LogP contribution in [0.4, 0.5) is 8.78 Å². The first-order valence-electron chi connectivity index (χ1n) is 12.1. The molecule has 178 valence electrons. The number of aromatic nitrogens is 2. The Bertz CT molecular complexity index is 1380. The molecule has 1 aliphatic heterocycles. The summed E-state index contributed by atoms with van der Waals surface area (Å²) in [6, 6.07) is 9.90. The lowest BCUT2D eigenvalue weighted by atomic mass is 9.55. The van der Waals surface area contributed by atoms with Crippen LogP contribution in [0.1, 0.15) is 48.4 Å². The van der Waals surface area contributed by atoms with E-state index in [2.05, 4.69) is 16.3 Å². The Hall–Kier alpha value is -3.60. The molecule has 3 fully saturated rings. The van der Waals surface area contributed by atoms with E-state index in [1.807, 2.05) is 16.8 Å². The van der Waals surface area contributed by atoms with Gasteiger partial charge in [-0.2, -0.15) is 15.5 Å². The topological polar surface area (TPSA) is 74.3 Å². The molecule has 0 N–H and O–H groups in total. The lowest BCUT2D eigenvalue weighted by Crippen LogP contribution is -2.49. The molecule has 8 heteroatoms. The van der Waals surface area contributed by atoms with E-state index in [1.54, 1.807) is 18.5 Å².